The predicted molar refractivity (Wildman–Crippen MR) is 85.6 cm³/mol. The van der Waals surface area contributed by atoms with E-state index in [0.29, 0.717) is 12.4 Å². The van der Waals surface area contributed by atoms with Gasteiger partial charge in [0, 0.05) is 44.0 Å². The Balaban J connectivity index is 1.85. The third kappa shape index (κ3) is 3.40. The molecule has 23 heavy (non-hydrogen) atoms. The van der Waals surface area contributed by atoms with Crippen LogP contribution in [-0.2, 0) is 20.9 Å². The Morgan fingerprint density at radius 3 is 3.09 bits per heavy atom. The number of anilines is 1. The van der Waals surface area contributed by atoms with E-state index in [1.165, 1.54) is 13.2 Å². The number of esters is 1. The largest absolute Gasteiger partial charge is 0.466 e. The maximum Gasteiger partial charge on any atom is 0.330 e. The van der Waals surface area contributed by atoms with Gasteiger partial charge in [-0.15, -0.1) is 0 Å². The van der Waals surface area contributed by atoms with E-state index < -0.39 is 5.97 Å². The van der Waals surface area contributed by atoms with E-state index in [0.717, 1.165) is 30.8 Å². The maximum absolute atomic E-state index is 12.4. The Hall–Kier alpha value is -2.25. The zero-order valence-corrected chi connectivity index (χ0v) is 13.3. The van der Waals surface area contributed by atoms with Gasteiger partial charge < -0.3 is 15.0 Å². The van der Waals surface area contributed by atoms with Crippen molar-refractivity contribution in [2.75, 3.05) is 39.1 Å². The number of piperazine rings is 1. The molecule has 122 valence electrons. The van der Waals surface area contributed by atoms with Crippen LogP contribution in [0.2, 0.25) is 0 Å². The van der Waals surface area contributed by atoms with E-state index in [9.17, 15) is 9.59 Å². The van der Waals surface area contributed by atoms with Crippen LogP contribution in [0.3, 0.4) is 0 Å². The number of amides is 1. The number of hydrogen-bond donors (Lipinski definition) is 1. The van der Waals surface area contributed by atoms with E-state index in [1.807, 2.05) is 13.1 Å². The molecular weight excluding hydrogens is 296 g/mol. The molecule has 1 aromatic heterocycles. The highest BCUT2D eigenvalue weighted by Crippen LogP contribution is 2.24. The fourth-order valence-electron chi connectivity index (χ4n) is 2.90. The van der Waals surface area contributed by atoms with Gasteiger partial charge in [-0.25, -0.2) is 9.78 Å². The Kier molecular flexibility index (Phi) is 4.40. The zero-order valence-electron chi connectivity index (χ0n) is 13.3. The molecule has 3 rings (SSSR count). The summed E-state index contributed by atoms with van der Waals surface area (Å²) in [4.78, 5) is 32.3. The Labute approximate surface area is 134 Å². The summed E-state index contributed by atoms with van der Waals surface area (Å²) in [6.45, 7) is 3.17. The van der Waals surface area contributed by atoms with Crippen LogP contribution < -0.4 is 5.32 Å². The molecule has 1 unspecified atom stereocenters. The van der Waals surface area contributed by atoms with E-state index in [2.05, 4.69) is 24.8 Å². The molecule has 0 aliphatic carbocycles. The number of rotatable bonds is 2. The van der Waals surface area contributed by atoms with Gasteiger partial charge in [-0.3, -0.25) is 9.69 Å². The fourth-order valence-corrected chi connectivity index (χ4v) is 2.90. The van der Waals surface area contributed by atoms with Crippen LogP contribution in [0.1, 0.15) is 11.1 Å². The van der Waals surface area contributed by atoms with Crippen LogP contribution in [0.4, 0.5) is 5.82 Å². The topological polar surface area (TPSA) is 74.8 Å². The number of nitrogens with one attached hydrogen (secondary N) is 1. The fraction of sp³-hybridized carbons (Fsp3) is 0.438. The van der Waals surface area contributed by atoms with Crippen LogP contribution in [0.15, 0.2) is 18.3 Å². The molecule has 0 spiro atoms. The highest BCUT2D eigenvalue weighted by Gasteiger charge is 2.34. The van der Waals surface area contributed by atoms with Gasteiger partial charge in [0.1, 0.15) is 11.9 Å². The summed E-state index contributed by atoms with van der Waals surface area (Å²) in [5.74, 6) is 0.176. The van der Waals surface area contributed by atoms with Crippen LogP contribution in [-0.4, -0.2) is 66.5 Å². The lowest BCUT2D eigenvalue weighted by Crippen LogP contribution is -2.55. The molecule has 7 heteroatoms. The molecule has 2 aliphatic rings. The highest BCUT2D eigenvalue weighted by atomic mass is 16.5. The van der Waals surface area contributed by atoms with Crippen molar-refractivity contribution in [3.05, 3.63) is 29.5 Å². The predicted octanol–water partition coefficient (Wildman–Crippen LogP) is 0.336. The summed E-state index contributed by atoms with van der Waals surface area (Å²) in [5.41, 5.74) is 1.76. The van der Waals surface area contributed by atoms with Crippen LogP contribution in [0.5, 0.6) is 0 Å². The Morgan fingerprint density at radius 1 is 1.48 bits per heavy atom. The number of aromatic nitrogens is 1. The minimum atomic E-state index is -0.410. The monoisotopic (exact) mass is 316 g/mol. The molecule has 0 bridgehead atoms. The Bertz CT molecular complexity index is 659. The number of ether oxygens (including phenoxy) is 1. The van der Waals surface area contributed by atoms with Crippen molar-refractivity contribution in [2.24, 2.45) is 0 Å². The van der Waals surface area contributed by atoms with Gasteiger partial charge >= 0.3 is 5.97 Å². The van der Waals surface area contributed by atoms with Gasteiger partial charge in [0.15, 0.2) is 0 Å². The SMILES string of the molecule is COC(=O)/C=C/c1cnc2c(c1)CN1CCN(C)CC1C(=O)N2. The first kappa shape index (κ1) is 15.6. The molecule has 2 aliphatic heterocycles. The molecule has 1 saturated heterocycles. The lowest BCUT2D eigenvalue weighted by molar-refractivity contribution is -0.134. The second-order valence-corrected chi connectivity index (χ2v) is 5.87. The van der Waals surface area contributed by atoms with Crippen molar-refractivity contribution in [1.82, 2.24) is 14.8 Å². The average molecular weight is 316 g/mol. The summed E-state index contributed by atoms with van der Waals surface area (Å²) < 4.78 is 4.58. The van der Waals surface area contributed by atoms with E-state index in [4.69, 9.17) is 0 Å². The van der Waals surface area contributed by atoms with Gasteiger partial charge in [-0.05, 0) is 24.8 Å². The maximum atomic E-state index is 12.4. The summed E-state index contributed by atoms with van der Waals surface area (Å²) in [6, 6.07) is 1.79. The molecule has 1 fully saturated rings. The van der Waals surface area contributed by atoms with Gasteiger partial charge in [-0.1, -0.05) is 0 Å². The second kappa shape index (κ2) is 6.47. The third-order valence-electron chi connectivity index (χ3n) is 4.21. The summed E-state index contributed by atoms with van der Waals surface area (Å²) in [7, 11) is 3.36. The van der Waals surface area contributed by atoms with Crippen LogP contribution >= 0.6 is 0 Å². The van der Waals surface area contributed by atoms with E-state index >= 15 is 0 Å². The lowest BCUT2D eigenvalue weighted by atomic mass is 10.1. The third-order valence-corrected chi connectivity index (χ3v) is 4.21. The van der Waals surface area contributed by atoms with Crippen molar-refractivity contribution in [3.63, 3.8) is 0 Å². The smallest absolute Gasteiger partial charge is 0.330 e. The van der Waals surface area contributed by atoms with E-state index in [1.54, 1.807) is 12.3 Å². The number of likely N-dealkylation sites (N-methyl/N-ethyl adjacent to an activating group) is 1. The van der Waals surface area contributed by atoms with Crippen LogP contribution in [0, 0.1) is 0 Å². The number of methoxy groups -OCH3 is 1. The molecule has 0 radical (unpaired) electrons. The zero-order chi connectivity index (χ0) is 16.4. The van der Waals surface area contributed by atoms with E-state index in [-0.39, 0.29) is 11.9 Å². The van der Waals surface area contributed by atoms with Crippen molar-refractivity contribution < 1.29 is 14.3 Å². The first-order valence-corrected chi connectivity index (χ1v) is 7.55. The summed E-state index contributed by atoms with van der Waals surface area (Å²) in [6.07, 6.45) is 4.65. The van der Waals surface area contributed by atoms with Crippen molar-refractivity contribution in [1.29, 1.82) is 0 Å². The van der Waals surface area contributed by atoms with Gasteiger partial charge in [0.05, 0.1) is 7.11 Å². The normalized spacial score (nSPS) is 22.2. The quantitative estimate of drug-likeness (QED) is 0.626. The number of pyridine rings is 1. The summed E-state index contributed by atoms with van der Waals surface area (Å²) in [5, 5.41) is 2.91. The van der Waals surface area contributed by atoms with Gasteiger partial charge in [0.2, 0.25) is 5.91 Å². The van der Waals surface area contributed by atoms with Crippen molar-refractivity contribution in [3.8, 4) is 0 Å². The highest BCUT2D eigenvalue weighted by molar-refractivity contribution is 5.95. The first-order chi connectivity index (χ1) is 11.1. The molecule has 1 atom stereocenters. The minimum Gasteiger partial charge on any atom is -0.466 e. The van der Waals surface area contributed by atoms with Crippen molar-refractivity contribution >= 4 is 23.8 Å². The molecule has 1 aromatic rings. The number of carbonyl (C=O) groups excluding carboxylic acids is 2. The molecular formula is C16H20N4O3. The first-order valence-electron chi connectivity index (χ1n) is 7.55. The molecule has 0 aromatic carbocycles. The Morgan fingerprint density at radius 2 is 2.30 bits per heavy atom. The van der Waals surface area contributed by atoms with Gasteiger partial charge in [0.25, 0.3) is 0 Å². The standard InChI is InChI=1S/C16H20N4O3/c1-19-5-6-20-9-12-7-11(3-4-14(21)23-2)8-17-15(12)18-16(22)13(20)10-19/h3-4,7-8,13H,5-6,9-10H2,1-2H3,(H,17,18,22)/b4-3+. The molecule has 3 heterocycles. The van der Waals surface area contributed by atoms with Gasteiger partial charge in [-0.2, -0.15) is 0 Å². The number of nitrogens with zero attached hydrogens (tertiary/aromatic N) is 3. The average Bonchev–Trinajstić information content (AvgIpc) is 2.68. The molecule has 1 amide bonds. The van der Waals surface area contributed by atoms with Crippen LogP contribution in [0.25, 0.3) is 6.08 Å². The molecule has 7 nitrogen and oxygen atoms in total. The summed E-state index contributed by atoms with van der Waals surface area (Å²) >= 11 is 0. The second-order valence-electron chi connectivity index (χ2n) is 5.87. The number of hydrogen-bond acceptors (Lipinski definition) is 6. The molecule has 0 saturated carbocycles. The van der Waals surface area contributed by atoms with Crippen molar-refractivity contribution in [2.45, 2.75) is 12.6 Å². The number of fused-ring (bicyclic) bond motifs is 2. The number of carbonyl (C=O) groups is 2. The molecule has 1 N–H and O–H groups in total. The minimum absolute atomic E-state index is 0.0133. The lowest BCUT2D eigenvalue weighted by Gasteiger charge is -2.37.